The fraction of sp³-hybridized carbons (Fsp3) is 0.667. The van der Waals surface area contributed by atoms with E-state index >= 15 is 0 Å². The highest BCUT2D eigenvalue weighted by Gasteiger charge is 2.27. The Morgan fingerprint density at radius 3 is 2.64 bits per heavy atom. The quantitative estimate of drug-likeness (QED) is 0.469. The second kappa shape index (κ2) is 10.8. The van der Waals surface area contributed by atoms with Gasteiger partial charge < -0.3 is 15.5 Å². The predicted octanol–water partition coefficient (Wildman–Crippen LogP) is 0.728. The average molecular weight is 430 g/mol. The van der Waals surface area contributed by atoms with Crippen LogP contribution in [0.15, 0.2) is 22.5 Å². The lowest BCUT2D eigenvalue weighted by Gasteiger charge is -2.32. The fourth-order valence-corrected chi connectivity index (χ4v) is 4.70. The van der Waals surface area contributed by atoms with Crippen LogP contribution in [-0.2, 0) is 21.2 Å². The molecule has 2 rings (SSSR count). The minimum absolute atomic E-state index is 0.0665. The van der Waals surface area contributed by atoms with E-state index in [-0.39, 0.29) is 24.2 Å². The Kier molecular flexibility index (Phi) is 8.71. The molecule has 0 aliphatic carbocycles. The molecule has 0 aromatic carbocycles. The van der Waals surface area contributed by atoms with Crippen LogP contribution in [0.5, 0.6) is 0 Å². The average Bonchev–Trinajstić information content (AvgIpc) is 3.19. The molecule has 1 aliphatic heterocycles. The number of carbonyl (C=O) groups is 1. The summed E-state index contributed by atoms with van der Waals surface area (Å²) in [6.45, 7) is 3.47. The van der Waals surface area contributed by atoms with Crippen molar-refractivity contribution in [3.8, 4) is 0 Å². The van der Waals surface area contributed by atoms with Crippen LogP contribution in [0.2, 0.25) is 0 Å². The Morgan fingerprint density at radius 2 is 2.07 bits per heavy atom. The maximum atomic E-state index is 12.0. The molecular weight excluding hydrogens is 398 g/mol. The summed E-state index contributed by atoms with van der Waals surface area (Å²) in [6, 6.07) is 4.25. The Morgan fingerprint density at radius 1 is 1.36 bits per heavy atom. The molecule has 0 bridgehead atoms. The summed E-state index contributed by atoms with van der Waals surface area (Å²) >= 11 is 1.71. The lowest BCUT2D eigenvalue weighted by molar-refractivity contribution is -0.127. The van der Waals surface area contributed by atoms with E-state index in [4.69, 9.17) is 0 Å². The van der Waals surface area contributed by atoms with E-state index in [1.165, 1.54) is 9.78 Å². The highest BCUT2D eigenvalue weighted by atomic mass is 32.2. The van der Waals surface area contributed by atoms with Crippen LogP contribution in [0, 0.1) is 0 Å². The molecule has 1 aromatic rings. The summed E-state index contributed by atoms with van der Waals surface area (Å²) in [6.07, 6.45) is 2.31. The number of aliphatic imine (C=N–C) groups is 1. The zero-order valence-corrected chi connectivity index (χ0v) is 18.5. The molecule has 8 nitrogen and oxygen atoms in total. The van der Waals surface area contributed by atoms with Crippen LogP contribution in [0.3, 0.4) is 0 Å². The summed E-state index contributed by atoms with van der Waals surface area (Å²) in [5, 5.41) is 8.72. The number of piperidine rings is 1. The van der Waals surface area contributed by atoms with Gasteiger partial charge in [0.1, 0.15) is 6.54 Å². The number of thiophene rings is 1. The third-order valence-electron chi connectivity index (χ3n) is 4.67. The molecule has 0 saturated carbocycles. The van der Waals surface area contributed by atoms with Gasteiger partial charge in [0, 0.05) is 44.6 Å². The van der Waals surface area contributed by atoms with Crippen LogP contribution in [-0.4, -0.2) is 81.6 Å². The van der Waals surface area contributed by atoms with E-state index in [1.54, 1.807) is 36.7 Å². The van der Waals surface area contributed by atoms with E-state index in [0.29, 0.717) is 38.4 Å². The molecule has 1 aromatic heterocycles. The molecule has 2 heterocycles. The number of hydrogen-bond acceptors (Lipinski definition) is 5. The van der Waals surface area contributed by atoms with Crippen molar-refractivity contribution in [3.63, 3.8) is 0 Å². The molecule has 0 radical (unpaired) electrons. The second-order valence-corrected chi connectivity index (χ2v) is 10.2. The van der Waals surface area contributed by atoms with E-state index in [9.17, 15) is 13.2 Å². The van der Waals surface area contributed by atoms with Crippen LogP contribution in [0.25, 0.3) is 0 Å². The molecule has 10 heteroatoms. The zero-order chi connectivity index (χ0) is 20.6. The van der Waals surface area contributed by atoms with Gasteiger partial charge >= 0.3 is 0 Å². The van der Waals surface area contributed by atoms with Gasteiger partial charge in [0.15, 0.2) is 5.96 Å². The van der Waals surface area contributed by atoms with Gasteiger partial charge in [0.05, 0.1) is 5.75 Å². The largest absolute Gasteiger partial charge is 0.356 e. The van der Waals surface area contributed by atoms with E-state index in [1.807, 2.05) is 6.07 Å². The first kappa shape index (κ1) is 22.6. The molecule has 1 fully saturated rings. The maximum absolute atomic E-state index is 12.0. The van der Waals surface area contributed by atoms with E-state index < -0.39 is 10.0 Å². The topological polar surface area (TPSA) is 94.1 Å². The van der Waals surface area contributed by atoms with Crippen molar-refractivity contribution in [2.24, 2.45) is 4.99 Å². The van der Waals surface area contributed by atoms with Gasteiger partial charge in [-0.05, 0) is 37.6 Å². The number of nitrogens with one attached hydrogen (secondary N) is 2. The number of likely N-dealkylation sites (N-methyl/N-ethyl adjacent to an activating group) is 1. The summed E-state index contributed by atoms with van der Waals surface area (Å²) in [4.78, 5) is 19.1. The van der Waals surface area contributed by atoms with Gasteiger partial charge in [-0.1, -0.05) is 6.07 Å². The number of nitrogens with zero attached hydrogens (tertiary/aromatic N) is 3. The SMILES string of the molecule is CCS(=O)(=O)N1CCC(NC(=NCC(=O)N(C)C)NCCc2cccs2)CC1. The molecule has 1 aliphatic rings. The first-order valence-electron chi connectivity index (χ1n) is 9.57. The van der Waals surface area contributed by atoms with Crippen molar-refractivity contribution in [1.82, 2.24) is 19.8 Å². The van der Waals surface area contributed by atoms with Crippen molar-refractivity contribution in [3.05, 3.63) is 22.4 Å². The first-order valence-corrected chi connectivity index (χ1v) is 12.1. The molecule has 0 spiro atoms. The monoisotopic (exact) mass is 429 g/mol. The Hall–Kier alpha value is -1.65. The van der Waals surface area contributed by atoms with Gasteiger partial charge in [-0.2, -0.15) is 0 Å². The van der Waals surface area contributed by atoms with Crippen LogP contribution in [0.1, 0.15) is 24.6 Å². The number of rotatable bonds is 8. The maximum Gasteiger partial charge on any atom is 0.243 e. The van der Waals surface area contributed by atoms with Gasteiger partial charge in [-0.15, -0.1) is 11.3 Å². The smallest absolute Gasteiger partial charge is 0.243 e. The highest BCUT2D eigenvalue weighted by Crippen LogP contribution is 2.14. The van der Waals surface area contributed by atoms with Crippen LogP contribution >= 0.6 is 11.3 Å². The van der Waals surface area contributed by atoms with Gasteiger partial charge in [0.2, 0.25) is 15.9 Å². The van der Waals surface area contributed by atoms with Gasteiger partial charge in [0.25, 0.3) is 0 Å². The predicted molar refractivity (Wildman–Crippen MR) is 114 cm³/mol. The summed E-state index contributed by atoms with van der Waals surface area (Å²) in [5.41, 5.74) is 0. The lowest BCUT2D eigenvalue weighted by atomic mass is 10.1. The molecule has 1 saturated heterocycles. The van der Waals surface area contributed by atoms with Crippen molar-refractivity contribution < 1.29 is 13.2 Å². The van der Waals surface area contributed by atoms with Crippen LogP contribution < -0.4 is 10.6 Å². The minimum atomic E-state index is -3.13. The van der Waals surface area contributed by atoms with Crippen molar-refractivity contribution in [2.45, 2.75) is 32.2 Å². The molecular formula is C18H31N5O3S2. The van der Waals surface area contributed by atoms with Crippen molar-refractivity contribution >= 4 is 33.2 Å². The third-order valence-corrected chi connectivity index (χ3v) is 7.49. The van der Waals surface area contributed by atoms with E-state index in [0.717, 1.165) is 6.42 Å². The zero-order valence-electron chi connectivity index (χ0n) is 16.8. The van der Waals surface area contributed by atoms with E-state index in [2.05, 4.69) is 27.1 Å². The molecule has 0 unspecified atom stereocenters. The number of amides is 1. The van der Waals surface area contributed by atoms with Crippen molar-refractivity contribution in [1.29, 1.82) is 0 Å². The Labute approximate surface area is 172 Å². The van der Waals surface area contributed by atoms with Crippen LogP contribution in [0.4, 0.5) is 0 Å². The Bertz CT molecular complexity index is 739. The van der Waals surface area contributed by atoms with Gasteiger partial charge in [-0.25, -0.2) is 17.7 Å². The highest BCUT2D eigenvalue weighted by molar-refractivity contribution is 7.89. The first-order chi connectivity index (χ1) is 13.3. The number of sulfonamides is 1. The van der Waals surface area contributed by atoms with Crippen molar-refractivity contribution in [2.75, 3.05) is 46.0 Å². The normalized spacial score (nSPS) is 16.8. The second-order valence-electron chi connectivity index (χ2n) is 6.93. The number of hydrogen-bond donors (Lipinski definition) is 2. The Balaban J connectivity index is 1.91. The minimum Gasteiger partial charge on any atom is -0.356 e. The molecule has 158 valence electrons. The molecule has 1 amide bonds. The van der Waals surface area contributed by atoms with Gasteiger partial charge in [-0.3, -0.25) is 4.79 Å². The number of carbonyl (C=O) groups excluding carboxylic acids is 1. The fourth-order valence-electron chi connectivity index (χ4n) is 2.85. The third kappa shape index (κ3) is 7.06. The summed E-state index contributed by atoms with van der Waals surface area (Å²) in [5.74, 6) is 0.668. The molecule has 28 heavy (non-hydrogen) atoms. The lowest BCUT2D eigenvalue weighted by Crippen LogP contribution is -2.50. The number of guanidine groups is 1. The standard InChI is InChI=1S/C18H31N5O3S2/c1-4-28(25,26)23-11-8-15(9-12-23)21-18(20-14-17(24)22(2)3)19-10-7-16-6-5-13-27-16/h5-6,13,15H,4,7-12,14H2,1-3H3,(H2,19,20,21). The molecule has 2 N–H and O–H groups in total. The molecule has 0 atom stereocenters. The summed E-state index contributed by atoms with van der Waals surface area (Å²) in [7, 11) is 0.282. The summed E-state index contributed by atoms with van der Waals surface area (Å²) < 4.78 is 25.6.